The van der Waals surface area contributed by atoms with Crippen molar-refractivity contribution in [1.29, 1.82) is 0 Å². The maximum absolute atomic E-state index is 9.98. The molecule has 0 aromatic heterocycles. The lowest BCUT2D eigenvalue weighted by molar-refractivity contribution is 0.375. The van der Waals surface area contributed by atoms with Gasteiger partial charge in [0.2, 0.25) is 0 Å². The van der Waals surface area contributed by atoms with Crippen molar-refractivity contribution in [3.63, 3.8) is 0 Å². The van der Waals surface area contributed by atoms with E-state index in [1.54, 1.807) is 0 Å². The van der Waals surface area contributed by atoms with Crippen LogP contribution in [0.2, 0.25) is 0 Å². The highest BCUT2D eigenvalue weighted by atomic mass is 32.2. The molecule has 0 radical (unpaired) electrons. The minimum atomic E-state index is 0.447. The largest absolute Gasteiger partial charge is 0.507 e. The normalized spacial score (nSPS) is 24.1. The molecule has 2 unspecified atom stereocenters. The van der Waals surface area contributed by atoms with Gasteiger partial charge in [0.1, 0.15) is 5.75 Å². The summed E-state index contributed by atoms with van der Waals surface area (Å²) < 4.78 is 0. The molecule has 3 heteroatoms. The first-order valence-corrected chi connectivity index (χ1v) is 8.03. The number of hydrogen-bond donors (Lipinski definition) is 2. The van der Waals surface area contributed by atoms with Crippen LogP contribution in [-0.4, -0.2) is 22.7 Å². The fraction of sp³-hybridized carbons (Fsp3) is 0.600. The molecule has 0 spiro atoms. The second kappa shape index (κ2) is 6.48. The number of hydrogen-bond acceptors (Lipinski definition) is 3. The van der Waals surface area contributed by atoms with E-state index in [4.69, 9.17) is 0 Å². The van der Waals surface area contributed by atoms with Crippen LogP contribution >= 0.6 is 11.8 Å². The maximum Gasteiger partial charge on any atom is 0.122 e. The van der Waals surface area contributed by atoms with Gasteiger partial charge in [-0.05, 0) is 38.0 Å². The van der Waals surface area contributed by atoms with Gasteiger partial charge in [0.25, 0.3) is 0 Å². The first kappa shape index (κ1) is 13.8. The second-order valence-electron chi connectivity index (χ2n) is 5.18. The number of aromatic hydroxyl groups is 1. The van der Waals surface area contributed by atoms with Gasteiger partial charge in [0.05, 0.1) is 0 Å². The molecular weight excluding hydrogens is 242 g/mol. The van der Waals surface area contributed by atoms with E-state index in [1.165, 1.54) is 25.7 Å². The minimum absolute atomic E-state index is 0.447. The van der Waals surface area contributed by atoms with Gasteiger partial charge in [-0.25, -0.2) is 0 Å². The Morgan fingerprint density at radius 3 is 3.00 bits per heavy atom. The summed E-state index contributed by atoms with van der Waals surface area (Å²) in [6, 6.07) is 6.57. The fourth-order valence-corrected chi connectivity index (χ4v) is 3.49. The SMILES string of the molecule is CSC1CCCC(NCc2cccc(C)c2O)C1. The number of aryl methyl sites for hydroxylation is 1. The van der Waals surface area contributed by atoms with E-state index < -0.39 is 0 Å². The molecule has 1 aromatic carbocycles. The van der Waals surface area contributed by atoms with E-state index in [0.29, 0.717) is 11.8 Å². The van der Waals surface area contributed by atoms with Crippen LogP contribution in [0.3, 0.4) is 0 Å². The smallest absolute Gasteiger partial charge is 0.122 e. The average Bonchev–Trinajstić information content (AvgIpc) is 2.41. The van der Waals surface area contributed by atoms with E-state index in [9.17, 15) is 5.11 Å². The number of rotatable bonds is 4. The number of benzene rings is 1. The zero-order valence-electron chi connectivity index (χ0n) is 11.3. The van der Waals surface area contributed by atoms with Crippen molar-refractivity contribution in [2.45, 2.75) is 50.4 Å². The molecule has 0 heterocycles. The topological polar surface area (TPSA) is 32.3 Å². The molecule has 2 nitrogen and oxygen atoms in total. The van der Waals surface area contributed by atoms with Crippen molar-refractivity contribution >= 4 is 11.8 Å². The quantitative estimate of drug-likeness (QED) is 0.874. The van der Waals surface area contributed by atoms with Gasteiger partial charge in [-0.1, -0.05) is 24.6 Å². The molecule has 2 rings (SSSR count). The summed E-state index contributed by atoms with van der Waals surface area (Å²) in [6.07, 6.45) is 7.41. The molecule has 0 bridgehead atoms. The van der Waals surface area contributed by atoms with Crippen molar-refractivity contribution in [2.75, 3.05) is 6.26 Å². The lowest BCUT2D eigenvalue weighted by atomic mass is 9.94. The molecule has 2 N–H and O–H groups in total. The highest BCUT2D eigenvalue weighted by molar-refractivity contribution is 7.99. The molecular formula is C15H23NOS. The summed E-state index contributed by atoms with van der Waals surface area (Å²) in [5.74, 6) is 0.447. The number of para-hydroxylation sites is 1. The van der Waals surface area contributed by atoms with Crippen molar-refractivity contribution in [1.82, 2.24) is 5.32 Å². The summed E-state index contributed by atoms with van der Waals surface area (Å²) in [6.45, 7) is 2.72. The predicted octanol–water partition coefficient (Wildman–Crippen LogP) is 3.46. The van der Waals surface area contributed by atoms with Gasteiger partial charge >= 0.3 is 0 Å². The predicted molar refractivity (Wildman–Crippen MR) is 79.2 cm³/mol. The van der Waals surface area contributed by atoms with Crippen molar-refractivity contribution in [3.05, 3.63) is 29.3 Å². The fourth-order valence-electron chi connectivity index (χ4n) is 2.66. The molecule has 1 saturated carbocycles. The van der Waals surface area contributed by atoms with Crippen molar-refractivity contribution in [3.8, 4) is 5.75 Å². The first-order valence-electron chi connectivity index (χ1n) is 6.74. The zero-order valence-corrected chi connectivity index (χ0v) is 12.1. The third kappa shape index (κ3) is 3.42. The Labute approximate surface area is 114 Å². The van der Waals surface area contributed by atoms with Crippen LogP contribution in [-0.2, 0) is 6.54 Å². The van der Waals surface area contributed by atoms with Gasteiger partial charge in [-0.15, -0.1) is 0 Å². The number of nitrogens with one attached hydrogen (secondary N) is 1. The summed E-state index contributed by atoms with van der Waals surface area (Å²) >= 11 is 1.99. The highest BCUT2D eigenvalue weighted by Crippen LogP contribution is 2.27. The molecule has 1 aromatic rings. The van der Waals surface area contributed by atoms with Crippen LogP contribution in [0.25, 0.3) is 0 Å². The van der Waals surface area contributed by atoms with Gasteiger partial charge in [0.15, 0.2) is 0 Å². The summed E-state index contributed by atoms with van der Waals surface area (Å²) in [4.78, 5) is 0. The molecule has 0 saturated heterocycles. The molecule has 100 valence electrons. The Morgan fingerprint density at radius 1 is 1.39 bits per heavy atom. The molecule has 18 heavy (non-hydrogen) atoms. The van der Waals surface area contributed by atoms with E-state index in [1.807, 2.05) is 36.9 Å². The standard InChI is InChI=1S/C15H23NOS/c1-11-5-3-6-12(15(11)17)10-16-13-7-4-8-14(9-13)18-2/h3,5-6,13-14,16-17H,4,7-10H2,1-2H3. The van der Waals surface area contributed by atoms with E-state index in [-0.39, 0.29) is 0 Å². The van der Waals surface area contributed by atoms with Gasteiger partial charge in [-0.2, -0.15) is 11.8 Å². The lowest BCUT2D eigenvalue weighted by Gasteiger charge is -2.29. The second-order valence-corrected chi connectivity index (χ2v) is 6.32. The van der Waals surface area contributed by atoms with Gasteiger partial charge < -0.3 is 10.4 Å². The van der Waals surface area contributed by atoms with Crippen LogP contribution < -0.4 is 5.32 Å². The summed E-state index contributed by atoms with van der Waals surface area (Å²) in [7, 11) is 0. The number of thioether (sulfide) groups is 1. The summed E-state index contributed by atoms with van der Waals surface area (Å²) in [5, 5.41) is 14.4. The van der Waals surface area contributed by atoms with Crippen molar-refractivity contribution in [2.24, 2.45) is 0 Å². The Bertz CT molecular complexity index is 394. The highest BCUT2D eigenvalue weighted by Gasteiger charge is 2.20. The molecule has 1 aliphatic carbocycles. The van der Waals surface area contributed by atoms with Crippen LogP contribution in [0.5, 0.6) is 5.75 Å². The number of phenols is 1. The van der Waals surface area contributed by atoms with E-state index in [2.05, 4.69) is 11.6 Å². The van der Waals surface area contributed by atoms with Crippen LogP contribution in [0.4, 0.5) is 0 Å². The van der Waals surface area contributed by atoms with Crippen LogP contribution in [0, 0.1) is 6.92 Å². The molecule has 2 atom stereocenters. The van der Waals surface area contributed by atoms with Crippen LogP contribution in [0.1, 0.15) is 36.8 Å². The third-order valence-electron chi connectivity index (χ3n) is 3.86. The maximum atomic E-state index is 9.98. The Hall–Kier alpha value is -0.670. The van der Waals surface area contributed by atoms with Gasteiger partial charge in [0, 0.05) is 23.4 Å². The number of phenolic OH excluding ortho intramolecular Hbond substituents is 1. The van der Waals surface area contributed by atoms with Crippen LogP contribution in [0.15, 0.2) is 18.2 Å². The molecule has 0 amide bonds. The van der Waals surface area contributed by atoms with Gasteiger partial charge in [-0.3, -0.25) is 0 Å². The lowest BCUT2D eigenvalue weighted by Crippen LogP contribution is -2.34. The average molecular weight is 265 g/mol. The zero-order chi connectivity index (χ0) is 13.0. The monoisotopic (exact) mass is 265 g/mol. The first-order chi connectivity index (χ1) is 8.70. The minimum Gasteiger partial charge on any atom is -0.507 e. The molecule has 0 aliphatic heterocycles. The van der Waals surface area contributed by atoms with Crippen molar-refractivity contribution < 1.29 is 5.11 Å². The third-order valence-corrected chi connectivity index (χ3v) is 4.96. The Balaban J connectivity index is 1.89. The molecule has 1 aliphatic rings. The molecule has 1 fully saturated rings. The van der Waals surface area contributed by atoms with E-state index >= 15 is 0 Å². The summed E-state index contributed by atoms with van der Waals surface area (Å²) in [5.41, 5.74) is 1.97. The van der Waals surface area contributed by atoms with E-state index in [0.717, 1.165) is 22.9 Å². The Kier molecular flexibility index (Phi) is 4.95. The Morgan fingerprint density at radius 2 is 2.22 bits per heavy atom.